The van der Waals surface area contributed by atoms with Crippen LogP contribution in [0.3, 0.4) is 0 Å². The van der Waals surface area contributed by atoms with Crippen molar-refractivity contribution in [1.29, 1.82) is 0 Å². The smallest absolute Gasteiger partial charge is 0.267 e. The highest BCUT2D eigenvalue weighted by Gasteiger charge is 2.14. The molecule has 0 bridgehead atoms. The minimum absolute atomic E-state index is 0. The Labute approximate surface area is 153 Å². The van der Waals surface area contributed by atoms with Gasteiger partial charge >= 0.3 is 0 Å². The van der Waals surface area contributed by atoms with E-state index >= 15 is 0 Å². The molecule has 0 N–H and O–H groups in total. The maximum absolute atomic E-state index is 5.38. The molecule has 0 atom stereocenters. The van der Waals surface area contributed by atoms with E-state index in [4.69, 9.17) is 9.26 Å². The Morgan fingerprint density at radius 3 is 2.75 bits per heavy atom. The maximum Gasteiger partial charge on any atom is 0.267 e. The maximum atomic E-state index is 5.38. The lowest BCUT2D eigenvalue weighted by atomic mass is 10.2. The number of rotatable bonds is 7. The summed E-state index contributed by atoms with van der Waals surface area (Å²) in [5, 5.41) is 4.03. The molecule has 0 aliphatic carbocycles. The fourth-order valence-corrected chi connectivity index (χ4v) is 3.83. The largest absolute Gasteiger partial charge is 0.381 e. The van der Waals surface area contributed by atoms with Gasteiger partial charge in [-0.1, -0.05) is 18.0 Å². The van der Waals surface area contributed by atoms with Crippen LogP contribution in [-0.2, 0) is 17.7 Å². The molecule has 5 nitrogen and oxygen atoms in total. The van der Waals surface area contributed by atoms with Crippen LogP contribution in [0.4, 0.5) is 0 Å². The minimum Gasteiger partial charge on any atom is -0.381 e. The van der Waals surface area contributed by atoms with Crippen LogP contribution in [-0.4, -0.2) is 41.3 Å². The summed E-state index contributed by atoms with van der Waals surface area (Å²) in [6.45, 7) is 6.81. The fraction of sp³-hybridized carbons (Fsp3) is 0.647. The van der Waals surface area contributed by atoms with Gasteiger partial charge in [0.2, 0.25) is 0 Å². The van der Waals surface area contributed by atoms with Gasteiger partial charge in [-0.2, -0.15) is 4.98 Å². The molecule has 1 aliphatic heterocycles. The molecule has 3 rings (SSSR count). The van der Waals surface area contributed by atoms with Crippen LogP contribution in [0.25, 0.3) is 10.8 Å². The van der Waals surface area contributed by atoms with Crippen molar-refractivity contribution in [2.45, 2.75) is 45.6 Å². The molecule has 0 aromatic carbocycles. The van der Waals surface area contributed by atoms with Gasteiger partial charge < -0.3 is 9.26 Å². The summed E-state index contributed by atoms with van der Waals surface area (Å²) >= 11 is 1.76. The highest BCUT2D eigenvalue weighted by Crippen LogP contribution is 2.28. The van der Waals surface area contributed by atoms with Crippen molar-refractivity contribution in [3.8, 4) is 10.8 Å². The first-order chi connectivity index (χ1) is 11.3. The van der Waals surface area contributed by atoms with E-state index in [2.05, 4.69) is 27.2 Å². The highest BCUT2D eigenvalue weighted by atomic mass is 35.5. The van der Waals surface area contributed by atoms with Crippen molar-refractivity contribution >= 4 is 23.7 Å². The number of halogens is 1. The zero-order valence-corrected chi connectivity index (χ0v) is 15.8. The van der Waals surface area contributed by atoms with Gasteiger partial charge in [0.05, 0.1) is 11.5 Å². The SMILES string of the molecule is CCOCCc1noc(-c2ccc(CN3CCCCCC3)s2)n1.Cl. The van der Waals surface area contributed by atoms with Gasteiger partial charge in [-0.05, 0) is 45.0 Å². The second-order valence-electron chi connectivity index (χ2n) is 5.92. The quantitative estimate of drug-likeness (QED) is 0.683. The van der Waals surface area contributed by atoms with E-state index in [1.54, 1.807) is 11.3 Å². The Morgan fingerprint density at radius 1 is 1.21 bits per heavy atom. The Morgan fingerprint density at radius 2 is 2.00 bits per heavy atom. The van der Waals surface area contributed by atoms with Gasteiger partial charge in [-0.25, -0.2) is 0 Å². The number of aromatic nitrogens is 2. The van der Waals surface area contributed by atoms with Crippen LogP contribution in [0.15, 0.2) is 16.7 Å². The van der Waals surface area contributed by atoms with Gasteiger partial charge in [-0.15, -0.1) is 23.7 Å². The van der Waals surface area contributed by atoms with E-state index in [-0.39, 0.29) is 12.4 Å². The average Bonchev–Trinajstić information content (AvgIpc) is 3.13. The molecule has 1 saturated heterocycles. The summed E-state index contributed by atoms with van der Waals surface area (Å²) in [4.78, 5) is 9.46. The minimum atomic E-state index is 0. The number of hydrogen-bond donors (Lipinski definition) is 0. The lowest BCUT2D eigenvalue weighted by molar-refractivity contribution is 0.149. The monoisotopic (exact) mass is 371 g/mol. The Bertz CT molecular complexity index is 594. The van der Waals surface area contributed by atoms with Crippen molar-refractivity contribution in [1.82, 2.24) is 15.0 Å². The molecule has 0 amide bonds. The summed E-state index contributed by atoms with van der Waals surface area (Å²) in [6.07, 6.45) is 6.09. The molecule has 1 aliphatic rings. The van der Waals surface area contributed by atoms with Crippen LogP contribution < -0.4 is 0 Å². The molecule has 2 aromatic rings. The first-order valence-electron chi connectivity index (χ1n) is 8.57. The molecule has 0 unspecified atom stereocenters. The molecule has 0 saturated carbocycles. The van der Waals surface area contributed by atoms with Crippen LogP contribution in [0.1, 0.15) is 43.3 Å². The number of thiophene rings is 1. The third-order valence-corrected chi connectivity index (χ3v) is 5.15. The van der Waals surface area contributed by atoms with E-state index in [1.807, 2.05) is 6.92 Å². The van der Waals surface area contributed by atoms with Crippen molar-refractivity contribution < 1.29 is 9.26 Å². The van der Waals surface area contributed by atoms with E-state index in [0.717, 1.165) is 23.9 Å². The Balaban J connectivity index is 0.00000208. The molecule has 3 heterocycles. The average molecular weight is 372 g/mol. The molecule has 0 radical (unpaired) electrons. The highest BCUT2D eigenvalue weighted by molar-refractivity contribution is 7.15. The van der Waals surface area contributed by atoms with Gasteiger partial charge in [0.1, 0.15) is 0 Å². The molecule has 0 spiro atoms. The molecular weight excluding hydrogens is 346 g/mol. The summed E-state index contributed by atoms with van der Waals surface area (Å²) in [5.74, 6) is 1.35. The summed E-state index contributed by atoms with van der Waals surface area (Å²) in [5.41, 5.74) is 0. The van der Waals surface area contributed by atoms with Crippen LogP contribution in [0, 0.1) is 0 Å². The number of likely N-dealkylation sites (tertiary alicyclic amines) is 1. The van der Waals surface area contributed by atoms with E-state index in [9.17, 15) is 0 Å². The van der Waals surface area contributed by atoms with E-state index < -0.39 is 0 Å². The van der Waals surface area contributed by atoms with Crippen molar-refractivity contribution in [3.63, 3.8) is 0 Å². The molecule has 134 valence electrons. The standard InChI is InChI=1S/C17H25N3O2S.ClH/c1-2-21-12-9-16-18-17(22-19-16)15-8-7-14(23-15)13-20-10-5-3-4-6-11-20;/h7-8H,2-6,9-13H2,1H3;1H. The topological polar surface area (TPSA) is 51.4 Å². The molecule has 7 heteroatoms. The van der Waals surface area contributed by atoms with Crippen molar-refractivity contribution in [2.24, 2.45) is 0 Å². The van der Waals surface area contributed by atoms with Crippen molar-refractivity contribution in [3.05, 3.63) is 22.8 Å². The lowest BCUT2D eigenvalue weighted by Crippen LogP contribution is -2.23. The number of nitrogens with zero attached hydrogens (tertiary/aromatic N) is 3. The zero-order valence-electron chi connectivity index (χ0n) is 14.2. The molecule has 2 aromatic heterocycles. The third-order valence-electron chi connectivity index (χ3n) is 4.09. The Hall–Kier alpha value is -0.950. The first-order valence-corrected chi connectivity index (χ1v) is 9.38. The second kappa shape index (κ2) is 10.1. The van der Waals surface area contributed by atoms with Gasteiger partial charge in [0.25, 0.3) is 5.89 Å². The molecule has 1 fully saturated rings. The van der Waals surface area contributed by atoms with Crippen LogP contribution >= 0.6 is 23.7 Å². The molecule has 24 heavy (non-hydrogen) atoms. The lowest BCUT2D eigenvalue weighted by Gasteiger charge is -2.18. The fourth-order valence-electron chi connectivity index (χ4n) is 2.86. The van der Waals surface area contributed by atoms with Gasteiger partial charge in [0.15, 0.2) is 5.82 Å². The predicted molar refractivity (Wildman–Crippen MR) is 98.8 cm³/mol. The summed E-state index contributed by atoms with van der Waals surface area (Å²) in [6, 6.07) is 4.28. The first kappa shape index (κ1) is 19.4. The zero-order chi connectivity index (χ0) is 15.9. The predicted octanol–water partition coefficient (Wildman–Crippen LogP) is 4.17. The normalized spacial score (nSPS) is 15.9. The second-order valence-corrected chi connectivity index (χ2v) is 7.09. The summed E-state index contributed by atoms with van der Waals surface area (Å²) in [7, 11) is 0. The van der Waals surface area contributed by atoms with E-state index in [0.29, 0.717) is 18.9 Å². The van der Waals surface area contributed by atoms with E-state index in [1.165, 1.54) is 43.6 Å². The number of ether oxygens (including phenoxy) is 1. The van der Waals surface area contributed by atoms with Gasteiger partial charge in [0, 0.05) is 24.4 Å². The summed E-state index contributed by atoms with van der Waals surface area (Å²) < 4.78 is 10.7. The van der Waals surface area contributed by atoms with Gasteiger partial charge in [-0.3, -0.25) is 4.90 Å². The van der Waals surface area contributed by atoms with Crippen LogP contribution in [0.2, 0.25) is 0 Å². The Kier molecular flexibility index (Phi) is 8.18. The molecular formula is C17H26ClN3O2S. The van der Waals surface area contributed by atoms with Crippen molar-refractivity contribution in [2.75, 3.05) is 26.3 Å². The number of hydrogen-bond acceptors (Lipinski definition) is 6. The van der Waals surface area contributed by atoms with Crippen LogP contribution in [0.5, 0.6) is 0 Å². The third kappa shape index (κ3) is 5.55.